The van der Waals surface area contributed by atoms with E-state index in [2.05, 4.69) is 15.7 Å². The van der Waals surface area contributed by atoms with Gasteiger partial charge in [0, 0.05) is 42.6 Å². The number of carbonyl (C=O) groups excluding carboxylic acids is 3. The predicted octanol–water partition coefficient (Wildman–Crippen LogP) is 7.36. The Kier molecular flexibility index (Phi) is 9.66. The van der Waals surface area contributed by atoms with Crippen molar-refractivity contribution in [3.05, 3.63) is 83.3 Å². The van der Waals surface area contributed by atoms with E-state index in [9.17, 15) is 40.7 Å². The first-order valence-electron chi connectivity index (χ1n) is 15.3. The number of hydrogen-bond donors (Lipinski definition) is 2. The van der Waals surface area contributed by atoms with Crippen LogP contribution < -0.4 is 15.5 Å². The summed E-state index contributed by atoms with van der Waals surface area (Å²) in [5.74, 6) is -5.79. The van der Waals surface area contributed by atoms with Crippen LogP contribution in [-0.4, -0.2) is 58.4 Å². The Labute approximate surface area is 277 Å². The maximum absolute atomic E-state index is 14.1. The zero-order valence-corrected chi connectivity index (χ0v) is 26.8. The lowest BCUT2D eigenvalue weighted by Gasteiger charge is -2.34. The topological polar surface area (TPSA) is 106 Å². The number of ether oxygens (including phenoxy) is 1. The molecule has 0 radical (unpaired) electrons. The van der Waals surface area contributed by atoms with E-state index in [0.29, 0.717) is 10.4 Å². The summed E-state index contributed by atoms with van der Waals surface area (Å²) < 4.78 is 88.0. The Balaban J connectivity index is 1.47. The standard InChI is InChI=1S/C34H33F6N5O4/c1-32(2,3)49-28(46)18-21-16-22(35)9-10-24(21)41-30(47)20-8-11-27(44-14-12-33(36,37)13-15-44)25(17-20)42-31(48)29-23-6-4-5-7-26(23)45(43-29)19-34(38,39)40/h4-11,16-17H,12-15,18-19H2,1-3H3,(H,41,47)(H,42,48). The van der Waals surface area contributed by atoms with Gasteiger partial charge in [-0.1, -0.05) is 18.2 Å². The smallest absolute Gasteiger partial charge is 0.408 e. The molecule has 2 heterocycles. The Morgan fingerprint density at radius 3 is 2.24 bits per heavy atom. The highest BCUT2D eigenvalue weighted by Gasteiger charge is 2.35. The minimum Gasteiger partial charge on any atom is -0.460 e. The highest BCUT2D eigenvalue weighted by atomic mass is 19.4. The summed E-state index contributed by atoms with van der Waals surface area (Å²) in [7, 11) is 0. The minimum absolute atomic E-state index is 0.0126. The van der Waals surface area contributed by atoms with Crippen LogP contribution in [0.2, 0.25) is 0 Å². The van der Waals surface area contributed by atoms with Crippen LogP contribution in [0.4, 0.5) is 43.4 Å². The molecule has 1 fully saturated rings. The SMILES string of the molecule is CC(C)(C)OC(=O)Cc1cc(F)ccc1NC(=O)c1ccc(N2CCC(F)(F)CC2)c(NC(=O)c2nn(CC(F)(F)F)c3ccccc23)c1. The fraction of sp³-hybridized carbons (Fsp3) is 0.353. The molecule has 9 nitrogen and oxygen atoms in total. The van der Waals surface area contributed by atoms with Crippen molar-refractivity contribution in [3.63, 3.8) is 0 Å². The van der Waals surface area contributed by atoms with Gasteiger partial charge in [-0.3, -0.25) is 19.1 Å². The third-order valence-electron chi connectivity index (χ3n) is 7.61. The first-order chi connectivity index (χ1) is 22.9. The summed E-state index contributed by atoms with van der Waals surface area (Å²) >= 11 is 0. The number of anilines is 3. The molecule has 1 aromatic heterocycles. The molecule has 5 rings (SSSR count). The Hall–Kier alpha value is -5.08. The number of amides is 2. The molecule has 1 aliphatic heterocycles. The van der Waals surface area contributed by atoms with Crippen LogP contribution in [0, 0.1) is 5.82 Å². The molecule has 0 bridgehead atoms. The quantitative estimate of drug-likeness (QED) is 0.148. The number of alkyl halides is 5. The lowest BCUT2D eigenvalue weighted by molar-refractivity contribution is -0.154. The number of hydrogen-bond acceptors (Lipinski definition) is 6. The van der Waals surface area contributed by atoms with E-state index in [4.69, 9.17) is 4.74 Å². The average Bonchev–Trinajstić information content (AvgIpc) is 3.35. The van der Waals surface area contributed by atoms with Crippen molar-refractivity contribution in [2.75, 3.05) is 28.6 Å². The van der Waals surface area contributed by atoms with Gasteiger partial charge in [0.05, 0.1) is 23.3 Å². The first-order valence-corrected chi connectivity index (χ1v) is 15.3. The third kappa shape index (κ3) is 8.89. The van der Waals surface area contributed by atoms with Gasteiger partial charge in [-0.2, -0.15) is 18.3 Å². The average molecular weight is 690 g/mol. The van der Waals surface area contributed by atoms with E-state index in [1.54, 1.807) is 25.7 Å². The molecule has 1 saturated heterocycles. The minimum atomic E-state index is -4.62. The van der Waals surface area contributed by atoms with Crippen LogP contribution in [0.15, 0.2) is 60.7 Å². The van der Waals surface area contributed by atoms with Gasteiger partial charge in [0.1, 0.15) is 18.0 Å². The number of benzene rings is 3. The van der Waals surface area contributed by atoms with E-state index in [-0.39, 0.29) is 58.6 Å². The Morgan fingerprint density at radius 2 is 1.57 bits per heavy atom. The summed E-state index contributed by atoms with van der Waals surface area (Å²) in [6.07, 6.45) is -5.88. The molecule has 2 N–H and O–H groups in total. The zero-order chi connectivity index (χ0) is 35.7. The lowest BCUT2D eigenvalue weighted by atomic mass is 10.0. The van der Waals surface area contributed by atoms with Crippen LogP contribution >= 0.6 is 0 Å². The normalized spacial score (nSPS) is 14.8. The summed E-state index contributed by atoms with van der Waals surface area (Å²) in [5.41, 5.74) is -0.487. The molecule has 2 amide bonds. The van der Waals surface area contributed by atoms with E-state index in [1.165, 1.54) is 48.5 Å². The summed E-state index contributed by atoms with van der Waals surface area (Å²) in [6, 6.07) is 13.5. The van der Waals surface area contributed by atoms with Crippen molar-refractivity contribution < 1.29 is 45.5 Å². The molecule has 4 aromatic rings. The van der Waals surface area contributed by atoms with Gasteiger partial charge in [0.2, 0.25) is 0 Å². The largest absolute Gasteiger partial charge is 0.460 e. The monoisotopic (exact) mass is 689 g/mol. The van der Waals surface area contributed by atoms with Crippen molar-refractivity contribution >= 4 is 45.7 Å². The number of rotatable bonds is 8. The summed E-state index contributed by atoms with van der Waals surface area (Å²) in [4.78, 5) is 41.2. The molecule has 49 heavy (non-hydrogen) atoms. The summed E-state index contributed by atoms with van der Waals surface area (Å²) in [6.45, 7) is 3.42. The molecular formula is C34H33F6N5O4. The molecule has 0 atom stereocenters. The maximum atomic E-state index is 14.1. The van der Waals surface area contributed by atoms with Crippen molar-refractivity contribution in [1.29, 1.82) is 0 Å². The zero-order valence-electron chi connectivity index (χ0n) is 26.8. The van der Waals surface area contributed by atoms with E-state index in [1.807, 2.05) is 0 Å². The van der Waals surface area contributed by atoms with Crippen molar-refractivity contribution in [2.24, 2.45) is 0 Å². The van der Waals surface area contributed by atoms with E-state index >= 15 is 0 Å². The highest BCUT2D eigenvalue weighted by molar-refractivity contribution is 6.13. The van der Waals surface area contributed by atoms with E-state index < -0.39 is 60.7 Å². The molecule has 260 valence electrons. The van der Waals surface area contributed by atoms with Crippen LogP contribution in [0.3, 0.4) is 0 Å². The van der Waals surface area contributed by atoms with Gasteiger partial charge in [-0.25, -0.2) is 13.2 Å². The Bertz CT molecular complexity index is 1890. The van der Waals surface area contributed by atoms with Crippen LogP contribution in [0.1, 0.15) is 60.0 Å². The molecular weight excluding hydrogens is 656 g/mol. The van der Waals surface area contributed by atoms with E-state index in [0.717, 1.165) is 12.1 Å². The van der Waals surface area contributed by atoms with Gasteiger partial charge < -0.3 is 20.3 Å². The highest BCUT2D eigenvalue weighted by Crippen LogP contribution is 2.35. The number of nitrogens with zero attached hydrogens (tertiary/aromatic N) is 3. The maximum Gasteiger partial charge on any atom is 0.408 e. The molecule has 0 saturated carbocycles. The van der Waals surface area contributed by atoms with Crippen LogP contribution in [0.5, 0.6) is 0 Å². The number of aromatic nitrogens is 2. The van der Waals surface area contributed by atoms with Crippen molar-refractivity contribution in [3.8, 4) is 0 Å². The second-order valence-corrected chi connectivity index (χ2v) is 12.7. The number of carbonyl (C=O) groups is 3. The molecule has 1 aliphatic rings. The van der Waals surface area contributed by atoms with Gasteiger partial charge in [0.15, 0.2) is 5.69 Å². The molecule has 15 heteroatoms. The molecule has 0 unspecified atom stereocenters. The molecule has 0 aliphatic carbocycles. The second kappa shape index (κ2) is 13.4. The predicted molar refractivity (Wildman–Crippen MR) is 170 cm³/mol. The third-order valence-corrected chi connectivity index (χ3v) is 7.61. The van der Waals surface area contributed by atoms with Gasteiger partial charge in [-0.05, 0) is 68.8 Å². The van der Waals surface area contributed by atoms with Gasteiger partial charge in [-0.15, -0.1) is 0 Å². The van der Waals surface area contributed by atoms with Crippen molar-refractivity contribution in [2.45, 2.75) is 64.3 Å². The van der Waals surface area contributed by atoms with Crippen LogP contribution in [-0.2, 0) is 22.5 Å². The first kappa shape index (κ1) is 35.2. The number of piperidine rings is 1. The second-order valence-electron chi connectivity index (χ2n) is 12.7. The van der Waals surface area contributed by atoms with Crippen molar-refractivity contribution in [1.82, 2.24) is 9.78 Å². The van der Waals surface area contributed by atoms with Gasteiger partial charge >= 0.3 is 12.1 Å². The number of esters is 1. The fourth-order valence-electron chi connectivity index (χ4n) is 5.45. The number of nitrogens with one attached hydrogen (secondary N) is 2. The summed E-state index contributed by atoms with van der Waals surface area (Å²) in [5, 5.41) is 9.33. The number of fused-ring (bicyclic) bond motifs is 1. The number of para-hydroxylation sites is 1. The molecule has 3 aromatic carbocycles. The van der Waals surface area contributed by atoms with Crippen LogP contribution in [0.25, 0.3) is 10.9 Å². The number of halogens is 6. The lowest BCUT2D eigenvalue weighted by Crippen LogP contribution is -2.39. The van der Waals surface area contributed by atoms with Gasteiger partial charge in [0.25, 0.3) is 17.7 Å². The Morgan fingerprint density at radius 1 is 0.898 bits per heavy atom. The fourth-order valence-corrected chi connectivity index (χ4v) is 5.45. The molecule has 0 spiro atoms.